The van der Waals surface area contributed by atoms with Gasteiger partial charge < -0.3 is 14.2 Å². The van der Waals surface area contributed by atoms with Crippen LogP contribution in [-0.2, 0) is 0 Å². The molecule has 0 bridgehead atoms. The van der Waals surface area contributed by atoms with Crippen LogP contribution in [0.4, 0.5) is 0 Å². The van der Waals surface area contributed by atoms with Crippen molar-refractivity contribution in [1.29, 1.82) is 5.26 Å². The summed E-state index contributed by atoms with van der Waals surface area (Å²) in [5.74, 6) is 1.54. The first-order chi connectivity index (χ1) is 12.0. The van der Waals surface area contributed by atoms with Crippen molar-refractivity contribution in [3.8, 4) is 23.3 Å². The van der Waals surface area contributed by atoms with E-state index in [1.54, 1.807) is 39.2 Å². The highest BCUT2D eigenvalue weighted by Gasteiger charge is 2.13. The van der Waals surface area contributed by atoms with Crippen molar-refractivity contribution >= 4 is 6.21 Å². The molecular weight excluding hydrogens is 322 g/mol. The quantitative estimate of drug-likeness (QED) is 0.779. The molecule has 0 fully saturated rings. The molecule has 7 nitrogen and oxygen atoms in total. The molecule has 0 saturated carbocycles. The molecule has 0 amide bonds. The van der Waals surface area contributed by atoms with Crippen LogP contribution in [0.3, 0.4) is 0 Å². The van der Waals surface area contributed by atoms with Gasteiger partial charge in [0.15, 0.2) is 0 Å². The summed E-state index contributed by atoms with van der Waals surface area (Å²) in [6.45, 7) is 3.46. The minimum atomic E-state index is -0.470. The van der Waals surface area contributed by atoms with Gasteiger partial charge in [-0.3, -0.25) is 4.79 Å². The average Bonchev–Trinajstić information content (AvgIpc) is 2.61. The molecule has 25 heavy (non-hydrogen) atoms. The van der Waals surface area contributed by atoms with E-state index in [9.17, 15) is 4.79 Å². The van der Waals surface area contributed by atoms with Crippen molar-refractivity contribution in [2.24, 2.45) is 5.10 Å². The molecule has 0 aliphatic carbocycles. The van der Waals surface area contributed by atoms with E-state index in [1.807, 2.05) is 6.07 Å². The average molecular weight is 341 g/mol. The Kier molecular flexibility index (Phi) is 5.45. The fourth-order valence-corrected chi connectivity index (χ4v) is 2.44. The van der Waals surface area contributed by atoms with E-state index in [0.717, 1.165) is 0 Å². The predicted octanol–water partition coefficient (Wildman–Crippen LogP) is 2.24. The van der Waals surface area contributed by atoms with E-state index >= 15 is 0 Å². The lowest BCUT2D eigenvalue weighted by Gasteiger charge is -2.12. The summed E-state index contributed by atoms with van der Waals surface area (Å²) < 4.78 is 17.1. The molecule has 0 atom stereocenters. The van der Waals surface area contributed by atoms with Gasteiger partial charge in [0.1, 0.15) is 28.9 Å². The van der Waals surface area contributed by atoms with Gasteiger partial charge in [0, 0.05) is 17.8 Å². The van der Waals surface area contributed by atoms with Gasteiger partial charge in [0.05, 0.1) is 33.1 Å². The highest BCUT2D eigenvalue weighted by molar-refractivity contribution is 5.88. The van der Waals surface area contributed by atoms with Gasteiger partial charge in [0.25, 0.3) is 5.56 Å². The van der Waals surface area contributed by atoms with Gasteiger partial charge in [-0.25, -0.2) is 4.68 Å². The Morgan fingerprint density at radius 2 is 1.68 bits per heavy atom. The van der Waals surface area contributed by atoms with Crippen LogP contribution in [0.2, 0.25) is 0 Å². The number of rotatable bonds is 5. The predicted molar refractivity (Wildman–Crippen MR) is 94.0 cm³/mol. The Hall–Kier alpha value is -3.27. The lowest BCUT2D eigenvalue weighted by Crippen LogP contribution is -2.22. The monoisotopic (exact) mass is 341 g/mol. The highest BCUT2D eigenvalue weighted by Crippen LogP contribution is 2.32. The number of pyridine rings is 1. The fourth-order valence-electron chi connectivity index (χ4n) is 2.44. The summed E-state index contributed by atoms with van der Waals surface area (Å²) in [5, 5.41) is 13.4. The van der Waals surface area contributed by atoms with Crippen LogP contribution >= 0.6 is 0 Å². The molecule has 1 aromatic heterocycles. The SMILES string of the molecule is COc1cc(OC)c(C=Nn2c(C)cc(C)c(C#N)c2=O)c(OC)c1. The van der Waals surface area contributed by atoms with Gasteiger partial charge in [-0.05, 0) is 25.5 Å². The van der Waals surface area contributed by atoms with Crippen LogP contribution in [0.15, 0.2) is 28.1 Å². The van der Waals surface area contributed by atoms with Gasteiger partial charge in [-0.15, -0.1) is 0 Å². The van der Waals surface area contributed by atoms with Crippen LogP contribution in [0.25, 0.3) is 0 Å². The molecule has 1 aromatic carbocycles. The third-order valence-electron chi connectivity index (χ3n) is 3.73. The Bertz CT molecular complexity index is 898. The second kappa shape index (κ2) is 7.53. The Morgan fingerprint density at radius 1 is 1.08 bits per heavy atom. The minimum Gasteiger partial charge on any atom is -0.496 e. The van der Waals surface area contributed by atoms with Gasteiger partial charge in [0.2, 0.25) is 0 Å². The van der Waals surface area contributed by atoms with E-state index in [-0.39, 0.29) is 5.56 Å². The number of nitrogens with zero attached hydrogens (tertiary/aromatic N) is 3. The van der Waals surface area contributed by atoms with Gasteiger partial charge in [-0.2, -0.15) is 10.4 Å². The first-order valence-corrected chi connectivity index (χ1v) is 7.44. The molecule has 0 unspecified atom stereocenters. The van der Waals surface area contributed by atoms with E-state index < -0.39 is 5.56 Å². The molecule has 2 aromatic rings. The summed E-state index contributed by atoms with van der Waals surface area (Å²) in [6.07, 6.45) is 1.46. The first-order valence-electron chi connectivity index (χ1n) is 7.44. The lowest BCUT2D eigenvalue weighted by atomic mass is 10.1. The van der Waals surface area contributed by atoms with E-state index in [1.165, 1.54) is 25.1 Å². The summed E-state index contributed by atoms with van der Waals surface area (Å²) in [6, 6.07) is 7.03. The summed E-state index contributed by atoms with van der Waals surface area (Å²) in [4.78, 5) is 12.4. The standard InChI is InChI=1S/C18H19N3O4/c1-11-6-12(2)21(18(22)14(11)9-19)20-10-15-16(24-4)7-13(23-3)8-17(15)25-5/h6-8,10H,1-5H3. The number of aryl methyl sites for hydroxylation is 2. The maximum Gasteiger partial charge on any atom is 0.289 e. The third kappa shape index (κ3) is 3.48. The molecule has 2 rings (SSSR count). The second-order valence-electron chi connectivity index (χ2n) is 5.26. The van der Waals surface area contributed by atoms with Gasteiger partial charge in [-0.1, -0.05) is 0 Å². The molecule has 0 spiro atoms. The Labute approximate surface area is 145 Å². The maximum atomic E-state index is 12.4. The smallest absolute Gasteiger partial charge is 0.289 e. The summed E-state index contributed by atoms with van der Waals surface area (Å²) in [5.41, 5.74) is 1.38. The second-order valence-corrected chi connectivity index (χ2v) is 5.26. The molecule has 7 heteroatoms. The van der Waals surface area contributed by atoms with E-state index in [4.69, 9.17) is 19.5 Å². The molecule has 1 heterocycles. The third-order valence-corrected chi connectivity index (χ3v) is 3.73. The zero-order valence-electron chi connectivity index (χ0n) is 14.8. The number of benzene rings is 1. The molecule has 0 aliphatic heterocycles. The number of aromatic nitrogens is 1. The molecule has 0 saturated heterocycles. The Morgan fingerprint density at radius 3 is 2.16 bits per heavy atom. The highest BCUT2D eigenvalue weighted by atomic mass is 16.5. The summed E-state index contributed by atoms with van der Waals surface area (Å²) in [7, 11) is 4.58. The van der Waals surface area contributed by atoms with Crippen LogP contribution in [0.1, 0.15) is 22.4 Å². The number of hydrogen-bond acceptors (Lipinski definition) is 6. The van der Waals surface area contributed by atoms with Crippen LogP contribution < -0.4 is 19.8 Å². The fraction of sp³-hybridized carbons (Fsp3) is 0.278. The van der Waals surface area contributed by atoms with Crippen molar-refractivity contribution in [2.45, 2.75) is 13.8 Å². The maximum absolute atomic E-state index is 12.4. The largest absolute Gasteiger partial charge is 0.496 e. The van der Waals surface area contributed by atoms with E-state index in [0.29, 0.717) is 34.1 Å². The van der Waals surface area contributed by atoms with Crippen LogP contribution in [0.5, 0.6) is 17.2 Å². The van der Waals surface area contributed by atoms with Crippen molar-refractivity contribution < 1.29 is 14.2 Å². The Balaban J connectivity index is 2.62. The molecule has 0 aliphatic rings. The van der Waals surface area contributed by atoms with Crippen LogP contribution in [0, 0.1) is 25.2 Å². The molecule has 130 valence electrons. The molecular formula is C18H19N3O4. The molecule has 0 N–H and O–H groups in total. The van der Waals surface area contributed by atoms with Crippen molar-refractivity contribution in [2.75, 3.05) is 21.3 Å². The zero-order valence-corrected chi connectivity index (χ0v) is 14.8. The minimum absolute atomic E-state index is 0.0661. The number of nitriles is 1. The van der Waals surface area contributed by atoms with Crippen molar-refractivity contribution in [1.82, 2.24) is 4.68 Å². The van der Waals surface area contributed by atoms with Crippen molar-refractivity contribution in [3.63, 3.8) is 0 Å². The van der Waals surface area contributed by atoms with E-state index in [2.05, 4.69) is 5.10 Å². The van der Waals surface area contributed by atoms with Crippen LogP contribution in [-0.4, -0.2) is 32.2 Å². The molecule has 0 radical (unpaired) electrons. The normalized spacial score (nSPS) is 10.6. The van der Waals surface area contributed by atoms with Gasteiger partial charge >= 0.3 is 0 Å². The zero-order chi connectivity index (χ0) is 18.6. The number of ether oxygens (including phenoxy) is 3. The lowest BCUT2D eigenvalue weighted by molar-refractivity contribution is 0.374. The number of hydrogen-bond donors (Lipinski definition) is 0. The first kappa shape index (κ1) is 18.1. The number of methoxy groups -OCH3 is 3. The summed E-state index contributed by atoms with van der Waals surface area (Å²) >= 11 is 0. The topological polar surface area (TPSA) is 85.8 Å². The van der Waals surface area contributed by atoms with Crippen molar-refractivity contribution in [3.05, 3.63) is 50.9 Å².